The largest absolute Gasteiger partial charge is 0.480 e. The second kappa shape index (κ2) is 6.64. The average molecular weight is 270 g/mol. The van der Waals surface area contributed by atoms with Crippen LogP contribution in [0.4, 0.5) is 8.78 Å². The van der Waals surface area contributed by atoms with Crippen LogP contribution in [0.3, 0.4) is 0 Å². The van der Waals surface area contributed by atoms with Gasteiger partial charge in [0.25, 0.3) is 6.43 Å². The van der Waals surface area contributed by atoms with Crippen LogP contribution >= 0.6 is 0 Å². The smallest absolute Gasteiger partial charge is 0.311 e. The van der Waals surface area contributed by atoms with Crippen molar-refractivity contribution in [2.75, 3.05) is 13.7 Å². The Hall–Kier alpha value is -2.23. The highest BCUT2D eigenvalue weighted by Gasteiger charge is 2.21. The van der Waals surface area contributed by atoms with Crippen LogP contribution in [-0.4, -0.2) is 24.7 Å². The van der Waals surface area contributed by atoms with Crippen molar-refractivity contribution in [2.24, 2.45) is 0 Å². The third-order valence-corrected chi connectivity index (χ3v) is 2.24. The lowest BCUT2D eigenvalue weighted by Crippen LogP contribution is -2.10. The second-order valence-corrected chi connectivity index (χ2v) is 3.48. The third-order valence-electron chi connectivity index (χ3n) is 2.24. The van der Waals surface area contributed by atoms with Crippen LogP contribution in [-0.2, 0) is 16.0 Å². The summed E-state index contributed by atoms with van der Waals surface area (Å²) in [5, 5.41) is 8.84. The van der Waals surface area contributed by atoms with Gasteiger partial charge in [0, 0.05) is 5.56 Å². The summed E-state index contributed by atoms with van der Waals surface area (Å²) in [6.07, 6.45) is -3.11. The number of carbonyl (C=O) groups is 1. The van der Waals surface area contributed by atoms with Crippen LogP contribution in [0.2, 0.25) is 0 Å². The van der Waals surface area contributed by atoms with E-state index in [1.807, 2.05) is 0 Å². The van der Waals surface area contributed by atoms with Gasteiger partial charge in [-0.3, -0.25) is 4.79 Å². The lowest BCUT2D eigenvalue weighted by Gasteiger charge is -2.10. The maximum atomic E-state index is 12.8. The summed E-state index contributed by atoms with van der Waals surface area (Å²) in [4.78, 5) is 15.1. The fourth-order valence-corrected chi connectivity index (χ4v) is 1.48. The number of nitrogens with zero attached hydrogens (tertiary/aromatic N) is 2. The van der Waals surface area contributed by atoms with Crippen LogP contribution < -0.4 is 4.74 Å². The number of hydrogen-bond donors (Lipinski definition) is 0. The maximum absolute atomic E-state index is 12.8. The summed E-state index contributed by atoms with van der Waals surface area (Å²) >= 11 is 0. The number of alkyl halides is 2. The highest BCUT2D eigenvalue weighted by Crippen LogP contribution is 2.28. The first-order valence-electron chi connectivity index (χ1n) is 5.45. The molecule has 0 atom stereocenters. The van der Waals surface area contributed by atoms with Crippen LogP contribution in [0.1, 0.15) is 30.2 Å². The minimum Gasteiger partial charge on any atom is -0.480 e. The van der Waals surface area contributed by atoms with Crippen molar-refractivity contribution in [2.45, 2.75) is 19.8 Å². The molecule has 0 saturated carbocycles. The third kappa shape index (κ3) is 3.61. The Bertz CT molecular complexity index is 512. The number of ether oxygens (including phenoxy) is 2. The van der Waals surface area contributed by atoms with Gasteiger partial charge >= 0.3 is 5.97 Å². The van der Waals surface area contributed by atoms with E-state index < -0.39 is 18.0 Å². The standard InChI is InChI=1S/C12H12F2N2O3/c1-3-19-10(17)5-7-4-8(11(13)14)9(6-15)12(16-7)18-2/h4,11H,3,5H2,1-2H3. The Balaban J connectivity index is 3.18. The van der Waals surface area contributed by atoms with Crippen LogP contribution in [0.15, 0.2) is 6.07 Å². The molecule has 7 heteroatoms. The fraction of sp³-hybridized carbons (Fsp3) is 0.417. The number of methoxy groups -OCH3 is 1. The molecule has 0 aliphatic carbocycles. The summed E-state index contributed by atoms with van der Waals surface area (Å²) in [5.74, 6) is -0.804. The Morgan fingerprint density at radius 1 is 1.58 bits per heavy atom. The summed E-state index contributed by atoms with van der Waals surface area (Å²) in [7, 11) is 1.21. The molecule has 0 bridgehead atoms. The highest BCUT2D eigenvalue weighted by atomic mass is 19.3. The molecule has 0 aliphatic rings. The minimum atomic E-state index is -2.85. The Labute approximate surface area is 108 Å². The van der Waals surface area contributed by atoms with E-state index in [9.17, 15) is 13.6 Å². The van der Waals surface area contributed by atoms with Crippen molar-refractivity contribution in [1.82, 2.24) is 4.98 Å². The Morgan fingerprint density at radius 2 is 2.26 bits per heavy atom. The molecule has 19 heavy (non-hydrogen) atoms. The summed E-state index contributed by atoms with van der Waals surface area (Å²) < 4.78 is 35.2. The van der Waals surface area contributed by atoms with E-state index in [-0.39, 0.29) is 30.2 Å². The second-order valence-electron chi connectivity index (χ2n) is 3.48. The zero-order chi connectivity index (χ0) is 14.4. The van der Waals surface area contributed by atoms with Crippen LogP contribution in [0, 0.1) is 11.3 Å². The lowest BCUT2D eigenvalue weighted by atomic mass is 10.1. The summed E-state index contributed by atoms with van der Waals surface area (Å²) in [5.41, 5.74) is -0.761. The van der Waals surface area contributed by atoms with E-state index in [4.69, 9.17) is 14.7 Å². The van der Waals surface area contributed by atoms with E-state index in [1.54, 1.807) is 13.0 Å². The van der Waals surface area contributed by atoms with Crippen molar-refractivity contribution < 1.29 is 23.0 Å². The normalized spacial score (nSPS) is 10.1. The van der Waals surface area contributed by atoms with Gasteiger partial charge in [-0.1, -0.05) is 0 Å². The number of halogens is 2. The van der Waals surface area contributed by atoms with Crippen molar-refractivity contribution >= 4 is 5.97 Å². The topological polar surface area (TPSA) is 72.2 Å². The predicted molar refractivity (Wildman–Crippen MR) is 60.8 cm³/mol. The van der Waals surface area contributed by atoms with E-state index in [2.05, 4.69) is 4.98 Å². The first-order chi connectivity index (χ1) is 9.03. The maximum Gasteiger partial charge on any atom is 0.311 e. The van der Waals surface area contributed by atoms with E-state index >= 15 is 0 Å². The molecule has 0 radical (unpaired) electrons. The molecule has 0 unspecified atom stereocenters. The molecular formula is C12H12F2N2O3. The number of esters is 1. The minimum absolute atomic E-state index is 0.0737. The molecule has 5 nitrogen and oxygen atoms in total. The molecule has 1 heterocycles. The fourth-order valence-electron chi connectivity index (χ4n) is 1.48. The Morgan fingerprint density at radius 3 is 2.74 bits per heavy atom. The molecule has 0 saturated heterocycles. The number of rotatable bonds is 5. The summed E-state index contributed by atoms with van der Waals surface area (Å²) in [6, 6.07) is 2.63. The number of hydrogen-bond acceptors (Lipinski definition) is 5. The molecule has 0 aliphatic heterocycles. The van der Waals surface area contributed by atoms with Crippen molar-refractivity contribution in [3.63, 3.8) is 0 Å². The molecule has 102 valence electrons. The summed E-state index contributed by atoms with van der Waals surface area (Å²) in [6.45, 7) is 1.82. The molecular weight excluding hydrogens is 258 g/mol. The highest BCUT2D eigenvalue weighted by molar-refractivity contribution is 5.72. The van der Waals surface area contributed by atoms with Crippen molar-refractivity contribution in [1.29, 1.82) is 5.26 Å². The lowest BCUT2D eigenvalue weighted by molar-refractivity contribution is -0.142. The number of nitriles is 1. The molecule has 0 aromatic carbocycles. The quantitative estimate of drug-likeness (QED) is 0.765. The average Bonchev–Trinajstić information content (AvgIpc) is 2.37. The number of aromatic nitrogens is 1. The van der Waals surface area contributed by atoms with Gasteiger partial charge in [0.1, 0.15) is 11.6 Å². The van der Waals surface area contributed by atoms with Gasteiger partial charge in [0.2, 0.25) is 5.88 Å². The van der Waals surface area contributed by atoms with Gasteiger partial charge < -0.3 is 9.47 Å². The van der Waals surface area contributed by atoms with E-state index in [0.29, 0.717) is 0 Å². The van der Waals surface area contributed by atoms with E-state index in [0.717, 1.165) is 6.07 Å². The molecule has 0 spiro atoms. The van der Waals surface area contributed by atoms with E-state index in [1.165, 1.54) is 7.11 Å². The monoisotopic (exact) mass is 270 g/mol. The number of pyridine rings is 1. The zero-order valence-electron chi connectivity index (χ0n) is 10.4. The van der Waals surface area contributed by atoms with Crippen LogP contribution in [0.5, 0.6) is 5.88 Å². The zero-order valence-corrected chi connectivity index (χ0v) is 10.4. The molecule has 1 rings (SSSR count). The first kappa shape index (κ1) is 14.8. The SMILES string of the molecule is CCOC(=O)Cc1cc(C(F)F)c(C#N)c(OC)n1. The molecule has 1 aromatic heterocycles. The van der Waals surface area contributed by atoms with Crippen molar-refractivity contribution in [3.05, 3.63) is 22.9 Å². The molecule has 1 aromatic rings. The van der Waals surface area contributed by atoms with Crippen molar-refractivity contribution in [3.8, 4) is 11.9 Å². The number of carbonyl (C=O) groups excluding carboxylic acids is 1. The van der Waals surface area contributed by atoms with Gasteiger partial charge in [-0.15, -0.1) is 0 Å². The molecule has 0 fully saturated rings. The van der Waals surface area contributed by atoms with Gasteiger partial charge in [-0.2, -0.15) is 5.26 Å². The first-order valence-corrected chi connectivity index (χ1v) is 5.45. The van der Waals surface area contributed by atoms with Gasteiger partial charge in [-0.05, 0) is 13.0 Å². The van der Waals surface area contributed by atoms with Gasteiger partial charge in [0.15, 0.2) is 0 Å². The van der Waals surface area contributed by atoms with Gasteiger partial charge in [0.05, 0.1) is 25.8 Å². The molecule has 0 N–H and O–H groups in total. The predicted octanol–water partition coefficient (Wildman–Crippen LogP) is 2.01. The Kier molecular flexibility index (Phi) is 5.18. The molecule has 0 amide bonds. The van der Waals surface area contributed by atoms with Crippen LogP contribution in [0.25, 0.3) is 0 Å². The van der Waals surface area contributed by atoms with Gasteiger partial charge in [-0.25, -0.2) is 13.8 Å².